The Morgan fingerprint density at radius 3 is 2.37 bits per heavy atom. The van der Waals surface area contributed by atoms with Gasteiger partial charge in [-0.25, -0.2) is 0 Å². The second kappa shape index (κ2) is 7.53. The van der Waals surface area contributed by atoms with Gasteiger partial charge in [0.2, 0.25) is 0 Å². The molecule has 30 heavy (non-hydrogen) atoms. The van der Waals surface area contributed by atoms with E-state index in [4.69, 9.17) is 5.26 Å². The zero-order valence-corrected chi connectivity index (χ0v) is 15.6. The van der Waals surface area contributed by atoms with Gasteiger partial charge in [-0.2, -0.15) is 5.26 Å². The largest absolute Gasteiger partial charge is 0.508 e. The molecule has 2 aromatic carbocycles. The second-order valence-electron chi connectivity index (χ2n) is 6.66. The summed E-state index contributed by atoms with van der Waals surface area (Å²) in [5.41, 5.74) is 1.49. The van der Waals surface area contributed by atoms with Crippen LogP contribution in [0.4, 0.5) is 5.69 Å². The Kier molecular flexibility index (Phi) is 4.74. The van der Waals surface area contributed by atoms with Crippen LogP contribution in [0.25, 0.3) is 5.76 Å². The molecule has 3 aromatic rings. The van der Waals surface area contributed by atoms with Crippen molar-refractivity contribution in [3.63, 3.8) is 0 Å². The standard InChI is InChI=1S/C23H15N3O4/c24-13-14-4-6-17(7-5-14)26-20(16-2-1-3-18(27)12-16)19(22(29)23(26)30)21(28)15-8-10-25-11-9-15/h1-12,20,27-28H/b21-19-. The van der Waals surface area contributed by atoms with Gasteiger partial charge >= 0.3 is 0 Å². The zero-order valence-electron chi connectivity index (χ0n) is 15.6. The zero-order chi connectivity index (χ0) is 21.3. The van der Waals surface area contributed by atoms with Crippen LogP contribution in [0.15, 0.2) is 78.6 Å². The van der Waals surface area contributed by atoms with Gasteiger partial charge in [0.25, 0.3) is 11.7 Å². The van der Waals surface area contributed by atoms with E-state index in [0.29, 0.717) is 22.4 Å². The molecule has 7 heteroatoms. The average molecular weight is 397 g/mol. The fraction of sp³-hybridized carbons (Fsp3) is 0.0435. The van der Waals surface area contributed by atoms with Crippen molar-refractivity contribution in [1.82, 2.24) is 4.98 Å². The number of aromatic hydroxyl groups is 1. The van der Waals surface area contributed by atoms with Crippen molar-refractivity contribution in [2.75, 3.05) is 4.90 Å². The van der Waals surface area contributed by atoms with Crippen molar-refractivity contribution in [2.24, 2.45) is 0 Å². The van der Waals surface area contributed by atoms with Gasteiger partial charge in [-0.15, -0.1) is 0 Å². The number of pyridine rings is 1. The van der Waals surface area contributed by atoms with Crippen molar-refractivity contribution in [1.29, 1.82) is 5.26 Å². The highest BCUT2D eigenvalue weighted by molar-refractivity contribution is 6.51. The Bertz CT molecular complexity index is 1210. The van der Waals surface area contributed by atoms with Crippen molar-refractivity contribution in [2.45, 2.75) is 6.04 Å². The summed E-state index contributed by atoms with van der Waals surface area (Å²) in [4.78, 5) is 31.1. The van der Waals surface area contributed by atoms with E-state index in [9.17, 15) is 19.8 Å². The molecule has 2 heterocycles. The number of phenols is 1. The molecule has 1 amide bonds. The lowest BCUT2D eigenvalue weighted by atomic mass is 9.95. The normalized spacial score (nSPS) is 17.7. The lowest BCUT2D eigenvalue weighted by molar-refractivity contribution is -0.132. The number of Topliss-reactive ketones (excluding diaryl/α,β-unsaturated/α-hetero) is 1. The van der Waals surface area contributed by atoms with Gasteiger partial charge in [0.1, 0.15) is 11.5 Å². The maximum absolute atomic E-state index is 13.0. The number of rotatable bonds is 3. The van der Waals surface area contributed by atoms with E-state index < -0.39 is 17.7 Å². The molecule has 146 valence electrons. The Morgan fingerprint density at radius 2 is 1.73 bits per heavy atom. The molecule has 0 saturated carbocycles. The molecule has 1 atom stereocenters. The molecule has 7 nitrogen and oxygen atoms in total. The number of carbonyl (C=O) groups excluding carboxylic acids is 2. The molecule has 1 unspecified atom stereocenters. The number of phenolic OH excluding ortho intramolecular Hbond substituents is 1. The summed E-state index contributed by atoms with van der Waals surface area (Å²) in [6, 6.07) is 16.5. The average Bonchev–Trinajstić information content (AvgIpc) is 3.04. The van der Waals surface area contributed by atoms with Gasteiger partial charge in [-0.1, -0.05) is 12.1 Å². The van der Waals surface area contributed by atoms with Crippen LogP contribution in [0, 0.1) is 11.3 Å². The van der Waals surface area contributed by atoms with Crippen LogP contribution < -0.4 is 4.90 Å². The molecule has 1 aliphatic rings. The number of aliphatic hydroxyl groups excluding tert-OH is 1. The third-order valence-corrected chi connectivity index (χ3v) is 4.86. The molecule has 1 aliphatic heterocycles. The number of ketones is 1. The Labute approximate surface area is 171 Å². The van der Waals surface area contributed by atoms with Crippen molar-refractivity contribution < 1.29 is 19.8 Å². The predicted octanol–water partition coefficient (Wildman–Crippen LogP) is 3.29. The van der Waals surface area contributed by atoms with E-state index in [2.05, 4.69) is 4.98 Å². The SMILES string of the molecule is N#Cc1ccc(N2C(=O)C(=O)/C(=C(\O)c3ccncc3)C2c2cccc(O)c2)cc1. The number of aliphatic hydroxyl groups is 1. The predicted molar refractivity (Wildman–Crippen MR) is 108 cm³/mol. The Morgan fingerprint density at radius 1 is 1.03 bits per heavy atom. The van der Waals surface area contributed by atoms with E-state index in [0.717, 1.165) is 0 Å². The highest BCUT2D eigenvalue weighted by Gasteiger charge is 2.47. The number of hydrogen-bond donors (Lipinski definition) is 2. The number of benzene rings is 2. The molecule has 1 fully saturated rings. The number of aromatic nitrogens is 1. The van der Waals surface area contributed by atoms with E-state index >= 15 is 0 Å². The summed E-state index contributed by atoms with van der Waals surface area (Å²) in [6.07, 6.45) is 2.93. The third-order valence-electron chi connectivity index (χ3n) is 4.86. The first-order valence-electron chi connectivity index (χ1n) is 9.01. The second-order valence-corrected chi connectivity index (χ2v) is 6.66. The molecular weight excluding hydrogens is 382 g/mol. The molecule has 0 spiro atoms. The Balaban J connectivity index is 1.94. The minimum atomic E-state index is -0.960. The summed E-state index contributed by atoms with van der Waals surface area (Å²) in [5, 5.41) is 29.9. The summed E-state index contributed by atoms with van der Waals surface area (Å²) in [7, 11) is 0. The maximum Gasteiger partial charge on any atom is 0.300 e. The van der Waals surface area contributed by atoms with Crippen LogP contribution in [-0.2, 0) is 9.59 Å². The number of hydrogen-bond acceptors (Lipinski definition) is 6. The van der Waals surface area contributed by atoms with E-state index in [1.165, 1.54) is 53.7 Å². The van der Waals surface area contributed by atoms with Crippen LogP contribution in [0.1, 0.15) is 22.7 Å². The summed E-state index contributed by atoms with van der Waals surface area (Å²) in [5.74, 6) is -2.03. The minimum absolute atomic E-state index is 0.0400. The first-order valence-corrected chi connectivity index (χ1v) is 9.01. The molecule has 1 aromatic heterocycles. The molecule has 0 bridgehead atoms. The first kappa shape index (κ1) is 18.9. The van der Waals surface area contributed by atoms with Crippen molar-refractivity contribution in [3.05, 3.63) is 95.3 Å². The Hall–Kier alpha value is -4.44. The van der Waals surface area contributed by atoms with E-state index in [1.54, 1.807) is 24.3 Å². The van der Waals surface area contributed by atoms with Crippen LogP contribution >= 0.6 is 0 Å². The lowest BCUT2D eigenvalue weighted by Crippen LogP contribution is -2.29. The van der Waals surface area contributed by atoms with Gasteiger partial charge in [-0.3, -0.25) is 19.5 Å². The summed E-state index contributed by atoms with van der Waals surface area (Å²) in [6.45, 7) is 0. The van der Waals surface area contributed by atoms with Gasteiger partial charge in [-0.05, 0) is 54.1 Å². The number of nitrogens with zero attached hydrogens (tertiary/aromatic N) is 3. The quantitative estimate of drug-likeness (QED) is 0.398. The molecule has 0 radical (unpaired) electrons. The number of amides is 1. The van der Waals surface area contributed by atoms with Gasteiger partial charge in [0.05, 0.1) is 23.2 Å². The van der Waals surface area contributed by atoms with E-state index in [1.807, 2.05) is 6.07 Å². The van der Waals surface area contributed by atoms with Crippen molar-refractivity contribution >= 4 is 23.1 Å². The highest BCUT2D eigenvalue weighted by atomic mass is 16.3. The number of carbonyl (C=O) groups is 2. The number of anilines is 1. The molecule has 2 N–H and O–H groups in total. The van der Waals surface area contributed by atoms with Gasteiger partial charge in [0, 0.05) is 23.6 Å². The van der Waals surface area contributed by atoms with Crippen LogP contribution in [-0.4, -0.2) is 26.9 Å². The fourth-order valence-corrected chi connectivity index (χ4v) is 3.47. The summed E-state index contributed by atoms with van der Waals surface area (Å²) >= 11 is 0. The van der Waals surface area contributed by atoms with Crippen LogP contribution in [0.3, 0.4) is 0 Å². The monoisotopic (exact) mass is 397 g/mol. The van der Waals surface area contributed by atoms with Gasteiger partial charge in [0.15, 0.2) is 0 Å². The third kappa shape index (κ3) is 3.16. The van der Waals surface area contributed by atoms with E-state index in [-0.39, 0.29) is 17.1 Å². The maximum atomic E-state index is 13.0. The smallest absolute Gasteiger partial charge is 0.300 e. The summed E-state index contributed by atoms with van der Waals surface area (Å²) < 4.78 is 0. The highest BCUT2D eigenvalue weighted by Crippen LogP contribution is 2.42. The minimum Gasteiger partial charge on any atom is -0.508 e. The molecule has 1 saturated heterocycles. The lowest BCUT2D eigenvalue weighted by Gasteiger charge is -2.25. The topological polar surface area (TPSA) is 115 Å². The molecule has 0 aliphatic carbocycles. The first-order chi connectivity index (χ1) is 14.5. The molecular formula is C23H15N3O4. The van der Waals surface area contributed by atoms with Crippen molar-refractivity contribution in [3.8, 4) is 11.8 Å². The van der Waals surface area contributed by atoms with Crippen LogP contribution in [0.2, 0.25) is 0 Å². The van der Waals surface area contributed by atoms with Gasteiger partial charge < -0.3 is 10.2 Å². The molecule has 4 rings (SSSR count). The van der Waals surface area contributed by atoms with Crippen LogP contribution in [0.5, 0.6) is 5.75 Å². The fourth-order valence-electron chi connectivity index (χ4n) is 3.47. The number of nitriles is 1.